The first-order valence-corrected chi connectivity index (χ1v) is 5.37. The highest BCUT2D eigenvalue weighted by Gasteiger charge is 2.30. The van der Waals surface area contributed by atoms with Crippen LogP contribution in [0.3, 0.4) is 0 Å². The lowest BCUT2D eigenvalue weighted by Gasteiger charge is -2.20. The molecule has 0 spiro atoms. The first kappa shape index (κ1) is 14.5. The van der Waals surface area contributed by atoms with E-state index in [9.17, 15) is 18.3 Å². The molecule has 1 rings (SSSR count). The highest BCUT2D eigenvalue weighted by atomic mass is 19.4. The van der Waals surface area contributed by atoms with E-state index in [0.717, 1.165) is 12.1 Å². The fraction of sp³-hybridized carbons (Fsp3) is 0.286. The van der Waals surface area contributed by atoms with Gasteiger partial charge in [-0.3, -0.25) is 0 Å². The summed E-state index contributed by atoms with van der Waals surface area (Å²) in [6.07, 6.45) is -2.74. The number of rotatable bonds is 4. The normalized spacial score (nSPS) is 14.9. The van der Waals surface area contributed by atoms with E-state index in [-0.39, 0.29) is 6.42 Å². The predicted octanol–water partition coefficient (Wildman–Crippen LogP) is 4.05. The summed E-state index contributed by atoms with van der Waals surface area (Å²) < 4.78 is 37.1. The van der Waals surface area contributed by atoms with E-state index >= 15 is 0 Å². The largest absolute Gasteiger partial charge is 0.416 e. The second-order valence-corrected chi connectivity index (χ2v) is 4.42. The van der Waals surface area contributed by atoms with Crippen LogP contribution in [-0.4, -0.2) is 10.7 Å². The summed E-state index contributed by atoms with van der Waals surface area (Å²) in [5.41, 5.74) is -0.673. The Hall–Kier alpha value is -1.55. The van der Waals surface area contributed by atoms with Crippen LogP contribution in [0.1, 0.15) is 24.5 Å². The van der Waals surface area contributed by atoms with Gasteiger partial charge in [-0.15, -0.1) is 6.58 Å². The van der Waals surface area contributed by atoms with Gasteiger partial charge < -0.3 is 5.11 Å². The van der Waals surface area contributed by atoms with Crippen molar-refractivity contribution < 1.29 is 18.3 Å². The van der Waals surface area contributed by atoms with Gasteiger partial charge in [-0.05, 0) is 30.2 Å². The molecule has 0 bridgehead atoms. The Balaban J connectivity index is 2.86. The topological polar surface area (TPSA) is 20.2 Å². The Morgan fingerprint density at radius 3 is 2.17 bits per heavy atom. The van der Waals surface area contributed by atoms with Gasteiger partial charge in [0.05, 0.1) is 11.2 Å². The molecule has 1 atom stereocenters. The van der Waals surface area contributed by atoms with Crippen molar-refractivity contribution >= 4 is 5.57 Å². The Morgan fingerprint density at radius 2 is 1.78 bits per heavy atom. The van der Waals surface area contributed by atoms with Crippen molar-refractivity contribution in [1.82, 2.24) is 0 Å². The molecule has 1 aromatic carbocycles. The number of aliphatic hydroxyl groups is 1. The first-order chi connectivity index (χ1) is 8.15. The van der Waals surface area contributed by atoms with Gasteiger partial charge in [0, 0.05) is 6.42 Å². The number of alkyl halides is 3. The van der Waals surface area contributed by atoms with Gasteiger partial charge >= 0.3 is 6.18 Å². The Kier molecular flexibility index (Phi) is 4.02. The highest BCUT2D eigenvalue weighted by molar-refractivity contribution is 5.64. The maximum Gasteiger partial charge on any atom is 0.416 e. The minimum Gasteiger partial charge on any atom is -0.386 e. The van der Waals surface area contributed by atoms with Crippen molar-refractivity contribution in [2.75, 3.05) is 0 Å². The SMILES string of the molecule is C=CC(C)(O)CC(=C)c1ccc(C(F)(F)F)cc1. The first-order valence-electron chi connectivity index (χ1n) is 5.37. The summed E-state index contributed by atoms with van der Waals surface area (Å²) >= 11 is 0. The quantitative estimate of drug-likeness (QED) is 0.806. The van der Waals surface area contributed by atoms with E-state index in [1.54, 1.807) is 6.92 Å². The minimum absolute atomic E-state index is 0.224. The summed E-state index contributed by atoms with van der Waals surface area (Å²) in [4.78, 5) is 0. The van der Waals surface area contributed by atoms with Crippen LogP contribution in [0.2, 0.25) is 0 Å². The summed E-state index contributed by atoms with van der Waals surface area (Å²) in [7, 11) is 0. The number of hydrogen-bond donors (Lipinski definition) is 1. The Bertz CT molecular complexity index is 441. The van der Waals surface area contributed by atoms with Crippen LogP contribution in [0.25, 0.3) is 5.57 Å². The molecule has 1 nitrogen and oxygen atoms in total. The van der Waals surface area contributed by atoms with Crippen LogP contribution in [-0.2, 0) is 6.18 Å². The highest BCUT2D eigenvalue weighted by Crippen LogP contribution is 2.31. The molecule has 4 heteroatoms. The molecular formula is C14H15F3O. The van der Waals surface area contributed by atoms with Crippen LogP contribution in [0.15, 0.2) is 43.5 Å². The molecule has 0 aliphatic heterocycles. The molecule has 0 heterocycles. The molecule has 1 aromatic rings. The monoisotopic (exact) mass is 256 g/mol. The number of hydrogen-bond acceptors (Lipinski definition) is 1. The molecule has 18 heavy (non-hydrogen) atoms. The zero-order valence-corrected chi connectivity index (χ0v) is 10.1. The average Bonchev–Trinajstić information content (AvgIpc) is 2.27. The van der Waals surface area contributed by atoms with Crippen LogP contribution >= 0.6 is 0 Å². The van der Waals surface area contributed by atoms with Crippen molar-refractivity contribution in [1.29, 1.82) is 0 Å². The van der Waals surface area contributed by atoms with E-state index in [1.807, 2.05) is 0 Å². The van der Waals surface area contributed by atoms with Crippen molar-refractivity contribution in [3.05, 3.63) is 54.6 Å². The van der Waals surface area contributed by atoms with Gasteiger partial charge in [0.25, 0.3) is 0 Å². The summed E-state index contributed by atoms with van der Waals surface area (Å²) in [6.45, 7) is 8.81. The lowest BCUT2D eigenvalue weighted by Crippen LogP contribution is -2.20. The Labute approximate surface area is 104 Å². The minimum atomic E-state index is -4.34. The molecule has 0 radical (unpaired) electrons. The molecule has 0 aliphatic carbocycles. The van der Waals surface area contributed by atoms with E-state index in [1.165, 1.54) is 18.2 Å². The molecule has 0 aliphatic rings. The second-order valence-electron chi connectivity index (χ2n) is 4.42. The van der Waals surface area contributed by atoms with Crippen molar-refractivity contribution in [3.63, 3.8) is 0 Å². The molecule has 0 amide bonds. The van der Waals surface area contributed by atoms with Crippen molar-refractivity contribution in [2.24, 2.45) is 0 Å². The van der Waals surface area contributed by atoms with Gasteiger partial charge in [0.1, 0.15) is 0 Å². The second kappa shape index (κ2) is 4.98. The van der Waals surface area contributed by atoms with Crippen molar-refractivity contribution in [2.45, 2.75) is 25.1 Å². The van der Waals surface area contributed by atoms with Gasteiger partial charge in [-0.2, -0.15) is 13.2 Å². The van der Waals surface area contributed by atoms with E-state index in [2.05, 4.69) is 13.2 Å². The van der Waals surface area contributed by atoms with Gasteiger partial charge in [0.2, 0.25) is 0 Å². The van der Waals surface area contributed by atoms with Crippen LogP contribution in [0.5, 0.6) is 0 Å². The van der Waals surface area contributed by atoms with Gasteiger partial charge in [-0.1, -0.05) is 24.8 Å². The Morgan fingerprint density at radius 1 is 1.28 bits per heavy atom. The van der Waals surface area contributed by atoms with Gasteiger partial charge in [0.15, 0.2) is 0 Å². The molecule has 98 valence electrons. The predicted molar refractivity (Wildman–Crippen MR) is 65.9 cm³/mol. The zero-order chi connectivity index (χ0) is 14.0. The maximum atomic E-state index is 12.4. The zero-order valence-electron chi connectivity index (χ0n) is 10.1. The van der Waals surface area contributed by atoms with Crippen LogP contribution < -0.4 is 0 Å². The fourth-order valence-corrected chi connectivity index (χ4v) is 1.50. The molecule has 0 saturated carbocycles. The lowest BCUT2D eigenvalue weighted by molar-refractivity contribution is -0.137. The van der Waals surface area contributed by atoms with Crippen LogP contribution in [0.4, 0.5) is 13.2 Å². The molecule has 1 N–H and O–H groups in total. The molecular weight excluding hydrogens is 241 g/mol. The maximum absolute atomic E-state index is 12.4. The third-order valence-electron chi connectivity index (χ3n) is 2.63. The summed E-state index contributed by atoms with van der Waals surface area (Å²) in [6, 6.07) is 4.71. The molecule has 0 fully saturated rings. The van der Waals surface area contributed by atoms with Gasteiger partial charge in [-0.25, -0.2) is 0 Å². The summed E-state index contributed by atoms with van der Waals surface area (Å²) in [5, 5.41) is 9.78. The van der Waals surface area contributed by atoms with E-state index in [0.29, 0.717) is 11.1 Å². The van der Waals surface area contributed by atoms with E-state index in [4.69, 9.17) is 0 Å². The number of halogens is 3. The fourth-order valence-electron chi connectivity index (χ4n) is 1.50. The van der Waals surface area contributed by atoms with Crippen LogP contribution in [0, 0.1) is 0 Å². The molecule has 0 aromatic heterocycles. The third kappa shape index (κ3) is 3.74. The molecule has 0 saturated heterocycles. The smallest absolute Gasteiger partial charge is 0.386 e. The summed E-state index contributed by atoms with van der Waals surface area (Å²) in [5.74, 6) is 0. The lowest BCUT2D eigenvalue weighted by atomic mass is 9.93. The standard InChI is InChI=1S/C14H15F3O/c1-4-13(3,18)9-10(2)11-5-7-12(8-6-11)14(15,16)17/h4-8,18H,1-2,9H2,3H3. The third-order valence-corrected chi connectivity index (χ3v) is 2.63. The average molecular weight is 256 g/mol. The van der Waals surface area contributed by atoms with Crippen molar-refractivity contribution in [3.8, 4) is 0 Å². The van der Waals surface area contributed by atoms with E-state index < -0.39 is 17.3 Å². The number of benzene rings is 1. The molecule has 1 unspecified atom stereocenters.